The van der Waals surface area contributed by atoms with Crippen LogP contribution in [0.4, 0.5) is 5.82 Å². The molecule has 1 N–H and O–H groups in total. The van der Waals surface area contributed by atoms with Gasteiger partial charge in [-0.15, -0.1) is 0 Å². The van der Waals surface area contributed by atoms with E-state index in [-0.39, 0.29) is 23.2 Å². The fraction of sp³-hybridized carbons (Fsp3) is 0.211. The number of anilines is 1. The van der Waals surface area contributed by atoms with Crippen LogP contribution in [-0.2, 0) is 16.6 Å². The van der Waals surface area contributed by atoms with Crippen molar-refractivity contribution in [3.05, 3.63) is 72.3 Å². The number of pyridine rings is 1. The van der Waals surface area contributed by atoms with Crippen LogP contribution in [0.5, 0.6) is 5.88 Å². The predicted molar refractivity (Wildman–Crippen MR) is 102 cm³/mol. The molecule has 0 aliphatic rings. The lowest BCUT2D eigenvalue weighted by Gasteiger charge is -2.12. The molecule has 1 aromatic carbocycles. The van der Waals surface area contributed by atoms with E-state index in [1.807, 2.05) is 19.9 Å². The topological polar surface area (TPSA) is 94.1 Å². The van der Waals surface area contributed by atoms with Crippen LogP contribution in [0.3, 0.4) is 0 Å². The molecule has 0 saturated heterocycles. The molecule has 3 rings (SSSR count). The third-order valence-electron chi connectivity index (χ3n) is 3.85. The number of hydrogen-bond acceptors (Lipinski definition) is 6. The van der Waals surface area contributed by atoms with Crippen molar-refractivity contribution in [2.75, 3.05) is 4.72 Å². The number of nitrogens with one attached hydrogen (secondary N) is 1. The maximum Gasteiger partial charge on any atom is 0.263 e. The third-order valence-corrected chi connectivity index (χ3v) is 5.21. The van der Waals surface area contributed by atoms with Gasteiger partial charge < -0.3 is 4.74 Å². The number of sulfonamides is 1. The first-order chi connectivity index (χ1) is 13.0. The molecule has 0 radical (unpaired) electrons. The van der Waals surface area contributed by atoms with Crippen molar-refractivity contribution in [2.45, 2.75) is 31.3 Å². The van der Waals surface area contributed by atoms with Gasteiger partial charge in [0.15, 0.2) is 0 Å². The van der Waals surface area contributed by atoms with Crippen LogP contribution in [0.1, 0.15) is 30.9 Å². The Morgan fingerprint density at radius 2 is 1.78 bits per heavy atom. The normalized spacial score (nSPS) is 11.4. The molecule has 2 aromatic heterocycles. The van der Waals surface area contributed by atoms with Crippen LogP contribution in [0.25, 0.3) is 0 Å². The molecule has 0 unspecified atom stereocenters. The first-order valence-electron chi connectivity index (χ1n) is 8.41. The lowest BCUT2D eigenvalue weighted by molar-refractivity contribution is 0.294. The van der Waals surface area contributed by atoms with E-state index in [0.29, 0.717) is 5.92 Å². The molecule has 0 aliphatic carbocycles. The van der Waals surface area contributed by atoms with Gasteiger partial charge in [-0.1, -0.05) is 32.0 Å². The Morgan fingerprint density at radius 1 is 1.04 bits per heavy atom. The van der Waals surface area contributed by atoms with Gasteiger partial charge in [0, 0.05) is 30.4 Å². The summed E-state index contributed by atoms with van der Waals surface area (Å²) in [7, 11) is -3.81. The van der Waals surface area contributed by atoms with Gasteiger partial charge in [-0.05, 0) is 29.7 Å². The molecule has 0 saturated carbocycles. The first-order valence-corrected chi connectivity index (χ1v) is 9.89. The third kappa shape index (κ3) is 4.79. The van der Waals surface area contributed by atoms with Crippen molar-refractivity contribution in [3.8, 4) is 5.88 Å². The van der Waals surface area contributed by atoms with Crippen molar-refractivity contribution in [2.24, 2.45) is 0 Å². The summed E-state index contributed by atoms with van der Waals surface area (Å²) in [6, 6.07) is 10.4. The van der Waals surface area contributed by atoms with Gasteiger partial charge in [-0.2, -0.15) is 0 Å². The Kier molecular flexibility index (Phi) is 5.66. The largest absolute Gasteiger partial charge is 0.470 e. The number of nitrogens with zero attached hydrogens (tertiary/aromatic N) is 3. The average Bonchev–Trinajstić information content (AvgIpc) is 2.68. The van der Waals surface area contributed by atoms with Crippen LogP contribution in [0.15, 0.2) is 66.1 Å². The maximum atomic E-state index is 12.7. The molecule has 0 bridgehead atoms. The molecule has 3 aromatic rings. The summed E-state index contributed by atoms with van der Waals surface area (Å²) < 4.78 is 33.4. The standard InChI is InChI=1S/C19H20N4O3S/c1-14(2)16-5-7-17(8-6-16)27(24,25)23-18-19(22-11-10-21-18)26-13-15-4-3-9-20-12-15/h3-12,14H,13H2,1-2H3,(H,21,23). The van der Waals surface area contributed by atoms with E-state index in [4.69, 9.17) is 4.74 Å². The van der Waals surface area contributed by atoms with Crippen LogP contribution < -0.4 is 9.46 Å². The van der Waals surface area contributed by atoms with Gasteiger partial charge in [-0.25, -0.2) is 18.4 Å². The molecular formula is C19H20N4O3S. The predicted octanol–water partition coefficient (Wildman–Crippen LogP) is 3.37. The number of hydrogen-bond donors (Lipinski definition) is 1. The lowest BCUT2D eigenvalue weighted by atomic mass is 10.0. The Morgan fingerprint density at radius 3 is 2.44 bits per heavy atom. The Labute approximate surface area is 158 Å². The number of aromatic nitrogens is 3. The maximum absolute atomic E-state index is 12.7. The minimum Gasteiger partial charge on any atom is -0.470 e. The zero-order chi connectivity index (χ0) is 19.3. The Hall–Kier alpha value is -3.00. The van der Waals surface area contributed by atoms with Crippen LogP contribution in [0, 0.1) is 0 Å². The molecule has 27 heavy (non-hydrogen) atoms. The van der Waals surface area contributed by atoms with Crippen molar-refractivity contribution in [1.82, 2.24) is 15.0 Å². The molecule has 0 amide bonds. The molecule has 0 aliphatic heterocycles. The zero-order valence-electron chi connectivity index (χ0n) is 15.0. The first kappa shape index (κ1) is 18.8. The van der Waals surface area contributed by atoms with Gasteiger partial charge in [0.25, 0.3) is 15.9 Å². The second-order valence-corrected chi connectivity index (χ2v) is 7.87. The molecule has 0 atom stereocenters. The van der Waals surface area contributed by atoms with Gasteiger partial charge in [0.2, 0.25) is 5.82 Å². The summed E-state index contributed by atoms with van der Waals surface area (Å²) >= 11 is 0. The van der Waals surface area contributed by atoms with E-state index in [1.165, 1.54) is 12.4 Å². The van der Waals surface area contributed by atoms with Gasteiger partial charge >= 0.3 is 0 Å². The fourth-order valence-corrected chi connectivity index (χ4v) is 3.36. The van der Waals surface area contributed by atoms with E-state index >= 15 is 0 Å². The second-order valence-electron chi connectivity index (χ2n) is 6.19. The number of ether oxygens (including phenoxy) is 1. The summed E-state index contributed by atoms with van der Waals surface area (Å²) in [6.45, 7) is 4.30. The second kappa shape index (κ2) is 8.13. The minimum absolute atomic E-state index is 0.0364. The smallest absolute Gasteiger partial charge is 0.263 e. The molecule has 0 fully saturated rings. The highest BCUT2D eigenvalue weighted by molar-refractivity contribution is 7.92. The van der Waals surface area contributed by atoms with Gasteiger partial charge in [-0.3, -0.25) is 9.71 Å². The molecule has 7 nitrogen and oxygen atoms in total. The summed E-state index contributed by atoms with van der Waals surface area (Å²) in [5.41, 5.74) is 1.90. The van der Waals surface area contributed by atoms with Crippen molar-refractivity contribution in [1.29, 1.82) is 0 Å². The summed E-state index contributed by atoms with van der Waals surface area (Å²) in [6.07, 6.45) is 6.16. The minimum atomic E-state index is -3.81. The van der Waals surface area contributed by atoms with E-state index in [1.54, 1.807) is 42.7 Å². The van der Waals surface area contributed by atoms with Crippen molar-refractivity contribution in [3.63, 3.8) is 0 Å². The van der Waals surface area contributed by atoms with Crippen LogP contribution >= 0.6 is 0 Å². The average molecular weight is 384 g/mol. The summed E-state index contributed by atoms with van der Waals surface area (Å²) in [5.74, 6) is 0.459. The van der Waals surface area contributed by atoms with Gasteiger partial charge in [0.1, 0.15) is 6.61 Å². The van der Waals surface area contributed by atoms with Crippen LogP contribution in [-0.4, -0.2) is 23.4 Å². The van der Waals surface area contributed by atoms with Crippen molar-refractivity contribution >= 4 is 15.8 Å². The fourth-order valence-electron chi connectivity index (χ4n) is 2.35. The highest BCUT2D eigenvalue weighted by Gasteiger charge is 2.18. The zero-order valence-corrected chi connectivity index (χ0v) is 15.8. The summed E-state index contributed by atoms with van der Waals surface area (Å²) in [4.78, 5) is 12.3. The number of rotatable bonds is 7. The van der Waals surface area contributed by atoms with Crippen molar-refractivity contribution < 1.29 is 13.2 Å². The van der Waals surface area contributed by atoms with E-state index in [0.717, 1.165) is 11.1 Å². The van der Waals surface area contributed by atoms with E-state index < -0.39 is 10.0 Å². The monoisotopic (exact) mass is 384 g/mol. The Balaban J connectivity index is 1.78. The number of benzene rings is 1. The van der Waals surface area contributed by atoms with E-state index in [2.05, 4.69) is 19.7 Å². The highest BCUT2D eigenvalue weighted by atomic mass is 32.2. The molecule has 0 spiro atoms. The molecule has 140 valence electrons. The molecule has 2 heterocycles. The quantitative estimate of drug-likeness (QED) is 0.671. The summed E-state index contributed by atoms with van der Waals surface area (Å²) in [5, 5.41) is 0. The SMILES string of the molecule is CC(C)c1ccc(S(=O)(=O)Nc2nccnc2OCc2cccnc2)cc1. The lowest BCUT2D eigenvalue weighted by Crippen LogP contribution is -2.15. The molecular weight excluding hydrogens is 364 g/mol. The van der Waals surface area contributed by atoms with E-state index in [9.17, 15) is 8.42 Å². The van der Waals surface area contributed by atoms with Crippen LogP contribution in [0.2, 0.25) is 0 Å². The highest BCUT2D eigenvalue weighted by Crippen LogP contribution is 2.23. The Bertz CT molecular complexity index is 991. The van der Waals surface area contributed by atoms with Gasteiger partial charge in [0.05, 0.1) is 4.90 Å². The molecule has 8 heteroatoms.